The van der Waals surface area contributed by atoms with Gasteiger partial charge in [-0.25, -0.2) is 0 Å². The summed E-state index contributed by atoms with van der Waals surface area (Å²) in [5.41, 5.74) is 2.21. The van der Waals surface area contributed by atoms with E-state index in [1.807, 2.05) is 23.9 Å². The molecule has 1 saturated carbocycles. The lowest BCUT2D eigenvalue weighted by molar-refractivity contribution is 0.350. The fourth-order valence-corrected chi connectivity index (χ4v) is 4.26. The van der Waals surface area contributed by atoms with Crippen molar-refractivity contribution in [2.75, 3.05) is 13.7 Å². The Bertz CT molecular complexity index is 516. The highest BCUT2D eigenvalue weighted by molar-refractivity contribution is 7.99. The second kappa shape index (κ2) is 8.36. The third-order valence-electron chi connectivity index (χ3n) is 3.98. The lowest BCUT2D eigenvalue weighted by Gasteiger charge is -2.26. The number of thioether (sulfide) groups is 1. The fourth-order valence-electron chi connectivity index (χ4n) is 2.81. The predicted molar refractivity (Wildman–Crippen MR) is 89.7 cm³/mol. The Labute approximate surface area is 132 Å². The maximum atomic E-state index is 8.88. The van der Waals surface area contributed by atoms with Crippen molar-refractivity contribution in [1.82, 2.24) is 0 Å². The summed E-state index contributed by atoms with van der Waals surface area (Å²) >= 11 is 2.04. The third-order valence-corrected chi connectivity index (χ3v) is 5.35. The molecule has 0 amide bonds. The predicted octanol–water partition coefficient (Wildman–Crippen LogP) is 3.85. The van der Waals surface area contributed by atoms with E-state index in [0.29, 0.717) is 0 Å². The Balaban J connectivity index is 2.05. The molecule has 21 heavy (non-hydrogen) atoms. The molecule has 1 aliphatic carbocycles. The number of rotatable bonds is 4. The average Bonchev–Trinajstić information content (AvgIpc) is 2.51. The quantitative estimate of drug-likeness (QED) is 0.857. The molecule has 0 heterocycles. The van der Waals surface area contributed by atoms with Gasteiger partial charge in [-0.3, -0.25) is 0 Å². The van der Waals surface area contributed by atoms with Gasteiger partial charge in [-0.1, -0.05) is 31.6 Å². The number of aliphatic hydroxyl groups excluding tert-OH is 1. The average molecular weight is 304 g/mol. The molecule has 1 fully saturated rings. The Morgan fingerprint density at radius 3 is 2.95 bits per heavy atom. The van der Waals surface area contributed by atoms with E-state index < -0.39 is 0 Å². The van der Waals surface area contributed by atoms with Gasteiger partial charge in [0.2, 0.25) is 0 Å². The molecule has 2 rings (SSSR count). The first-order valence-electron chi connectivity index (χ1n) is 7.61. The van der Waals surface area contributed by atoms with Gasteiger partial charge in [0.1, 0.15) is 12.4 Å². The molecule has 2 unspecified atom stereocenters. The summed E-state index contributed by atoms with van der Waals surface area (Å²) in [7, 11) is 1.69. The fraction of sp³-hybridized carbons (Fsp3) is 0.556. The van der Waals surface area contributed by atoms with Crippen LogP contribution in [0.15, 0.2) is 18.2 Å². The van der Waals surface area contributed by atoms with E-state index in [1.54, 1.807) is 7.11 Å². The molecule has 1 aliphatic rings. The first-order valence-corrected chi connectivity index (χ1v) is 8.66. The van der Waals surface area contributed by atoms with Crippen LogP contribution in [-0.4, -0.2) is 24.1 Å². The molecule has 1 aromatic rings. The molecular formula is C18H24O2S. The molecule has 0 aliphatic heterocycles. The summed E-state index contributed by atoms with van der Waals surface area (Å²) < 4.78 is 5.32. The maximum absolute atomic E-state index is 8.88. The van der Waals surface area contributed by atoms with Crippen molar-refractivity contribution in [3.8, 4) is 17.6 Å². The van der Waals surface area contributed by atoms with E-state index in [-0.39, 0.29) is 6.61 Å². The molecule has 0 saturated heterocycles. The number of hydrogen-bond donors (Lipinski definition) is 1. The molecule has 0 bridgehead atoms. The van der Waals surface area contributed by atoms with Gasteiger partial charge in [0.05, 0.1) is 7.11 Å². The first kappa shape index (κ1) is 16.3. The van der Waals surface area contributed by atoms with Crippen LogP contribution in [0, 0.1) is 17.8 Å². The second-order valence-corrected chi connectivity index (χ2v) is 6.98. The van der Waals surface area contributed by atoms with Gasteiger partial charge in [-0.2, -0.15) is 11.8 Å². The van der Waals surface area contributed by atoms with E-state index in [9.17, 15) is 0 Å². The van der Waals surface area contributed by atoms with Crippen LogP contribution in [-0.2, 0) is 5.75 Å². The minimum absolute atomic E-state index is 0.0985. The normalized spacial score (nSPS) is 21.5. The van der Waals surface area contributed by atoms with Crippen LogP contribution in [0.25, 0.3) is 0 Å². The number of ether oxygens (including phenoxy) is 1. The molecule has 2 nitrogen and oxygen atoms in total. The van der Waals surface area contributed by atoms with Crippen molar-refractivity contribution in [2.24, 2.45) is 5.92 Å². The molecule has 114 valence electrons. The first-order chi connectivity index (χ1) is 10.2. The highest BCUT2D eigenvalue weighted by Crippen LogP contribution is 2.34. The smallest absolute Gasteiger partial charge is 0.119 e. The van der Waals surface area contributed by atoms with Crippen molar-refractivity contribution < 1.29 is 9.84 Å². The minimum atomic E-state index is -0.0985. The topological polar surface area (TPSA) is 29.5 Å². The highest BCUT2D eigenvalue weighted by atomic mass is 32.2. The van der Waals surface area contributed by atoms with E-state index in [1.165, 1.54) is 31.2 Å². The molecule has 1 aromatic carbocycles. The summed E-state index contributed by atoms with van der Waals surface area (Å²) in [4.78, 5) is 0. The van der Waals surface area contributed by atoms with Crippen molar-refractivity contribution in [1.29, 1.82) is 0 Å². The van der Waals surface area contributed by atoms with Crippen LogP contribution in [0.2, 0.25) is 0 Å². The lowest BCUT2D eigenvalue weighted by Crippen LogP contribution is -2.15. The zero-order chi connectivity index (χ0) is 15.1. The van der Waals surface area contributed by atoms with Gasteiger partial charge in [0.15, 0.2) is 0 Å². The van der Waals surface area contributed by atoms with Gasteiger partial charge in [0, 0.05) is 16.6 Å². The van der Waals surface area contributed by atoms with Gasteiger partial charge in [0.25, 0.3) is 0 Å². The summed E-state index contributed by atoms with van der Waals surface area (Å²) in [6, 6.07) is 5.99. The van der Waals surface area contributed by atoms with Gasteiger partial charge < -0.3 is 9.84 Å². The van der Waals surface area contributed by atoms with Gasteiger partial charge in [-0.15, -0.1) is 0 Å². The Morgan fingerprint density at radius 2 is 2.24 bits per heavy atom. The Morgan fingerprint density at radius 1 is 1.38 bits per heavy atom. The number of aliphatic hydroxyl groups is 1. The summed E-state index contributed by atoms with van der Waals surface area (Å²) in [5, 5.41) is 9.64. The molecule has 0 aromatic heterocycles. The van der Waals surface area contributed by atoms with Crippen molar-refractivity contribution in [2.45, 2.75) is 43.6 Å². The Kier molecular flexibility index (Phi) is 6.48. The zero-order valence-corrected chi connectivity index (χ0v) is 13.7. The maximum Gasteiger partial charge on any atom is 0.119 e. The lowest BCUT2D eigenvalue weighted by atomic mass is 9.91. The summed E-state index contributed by atoms with van der Waals surface area (Å²) in [6.07, 6.45) is 5.39. The van der Waals surface area contributed by atoms with Crippen LogP contribution >= 0.6 is 11.8 Å². The second-order valence-electron chi connectivity index (χ2n) is 5.69. The van der Waals surface area contributed by atoms with Crippen molar-refractivity contribution >= 4 is 11.8 Å². The molecule has 2 atom stereocenters. The molecule has 1 N–H and O–H groups in total. The van der Waals surface area contributed by atoms with E-state index in [2.05, 4.69) is 24.8 Å². The number of methoxy groups -OCH3 is 1. The number of hydrogen-bond acceptors (Lipinski definition) is 3. The summed E-state index contributed by atoms with van der Waals surface area (Å²) in [5.74, 6) is 8.48. The van der Waals surface area contributed by atoms with E-state index >= 15 is 0 Å². The van der Waals surface area contributed by atoms with Crippen LogP contribution in [0.5, 0.6) is 5.75 Å². The van der Waals surface area contributed by atoms with Crippen LogP contribution in [0.4, 0.5) is 0 Å². The summed E-state index contributed by atoms with van der Waals surface area (Å²) in [6.45, 7) is 2.26. The van der Waals surface area contributed by atoms with Crippen LogP contribution in [0.1, 0.15) is 43.7 Å². The number of benzene rings is 1. The SMILES string of the molecule is COc1ccc(C#CCO)c(CSC2CCCC(C)C2)c1. The van der Waals surface area contributed by atoms with Crippen molar-refractivity contribution in [3.63, 3.8) is 0 Å². The third kappa shape index (κ3) is 4.98. The zero-order valence-electron chi connectivity index (χ0n) is 12.9. The molecular weight excluding hydrogens is 280 g/mol. The van der Waals surface area contributed by atoms with E-state index in [4.69, 9.17) is 9.84 Å². The highest BCUT2D eigenvalue weighted by Gasteiger charge is 2.19. The standard InChI is InChI=1S/C18H24O2S/c1-14-5-3-7-18(11-14)21-13-16-12-17(20-2)9-8-15(16)6-4-10-19/h8-9,12,14,18-19H,3,5,7,10-11,13H2,1-2H3. The largest absolute Gasteiger partial charge is 0.497 e. The van der Waals surface area contributed by atoms with Gasteiger partial charge in [-0.05, 0) is 42.5 Å². The monoisotopic (exact) mass is 304 g/mol. The Hall–Kier alpha value is -1.11. The van der Waals surface area contributed by atoms with E-state index in [0.717, 1.165) is 28.2 Å². The molecule has 0 spiro atoms. The molecule has 3 heteroatoms. The van der Waals surface area contributed by atoms with Crippen molar-refractivity contribution in [3.05, 3.63) is 29.3 Å². The minimum Gasteiger partial charge on any atom is -0.497 e. The molecule has 0 radical (unpaired) electrons. The van der Waals surface area contributed by atoms with Crippen LogP contribution in [0.3, 0.4) is 0 Å². The van der Waals surface area contributed by atoms with Gasteiger partial charge >= 0.3 is 0 Å². The van der Waals surface area contributed by atoms with Crippen LogP contribution < -0.4 is 4.74 Å².